The van der Waals surface area contributed by atoms with Crippen molar-refractivity contribution in [3.63, 3.8) is 0 Å². The Kier molecular flexibility index (Phi) is 7.10. The maximum atomic E-state index is 13.5. The minimum absolute atomic E-state index is 0.0312. The highest BCUT2D eigenvalue weighted by molar-refractivity contribution is 5.99. The minimum atomic E-state index is -1.12. The van der Waals surface area contributed by atoms with Crippen molar-refractivity contribution in [2.45, 2.75) is 63.8 Å². The van der Waals surface area contributed by atoms with Crippen LogP contribution in [0.2, 0.25) is 0 Å². The van der Waals surface area contributed by atoms with Gasteiger partial charge in [0.1, 0.15) is 17.6 Å². The second-order valence-corrected chi connectivity index (χ2v) is 10.7. The van der Waals surface area contributed by atoms with Gasteiger partial charge in [0, 0.05) is 26.3 Å². The quantitative estimate of drug-likeness (QED) is 0.425. The van der Waals surface area contributed by atoms with Crippen molar-refractivity contribution in [1.82, 2.24) is 15.5 Å². The average Bonchev–Trinajstić information content (AvgIpc) is 3.18. The molecule has 1 saturated heterocycles. The van der Waals surface area contributed by atoms with E-state index < -0.39 is 46.9 Å². The normalized spacial score (nSPS) is 24.7. The molecule has 2 aliphatic rings. The van der Waals surface area contributed by atoms with Crippen molar-refractivity contribution >= 4 is 23.6 Å². The molecule has 2 aromatic carbocycles. The SMILES string of the molecule is CC(=O)N[C@]1(C(=O)N2C[C@H](O)C[C@H]2C(=O)N[C@H](Cc2ccc(-c3ccccc3)cc2)C(N)=O)CC1(C)C. The Morgan fingerprint density at radius 3 is 2.19 bits per heavy atom. The van der Waals surface area contributed by atoms with Gasteiger partial charge in [-0.2, -0.15) is 0 Å². The Labute approximate surface area is 216 Å². The second-order valence-electron chi connectivity index (χ2n) is 10.7. The van der Waals surface area contributed by atoms with Crippen molar-refractivity contribution in [1.29, 1.82) is 0 Å². The van der Waals surface area contributed by atoms with Crippen LogP contribution in [-0.2, 0) is 25.6 Å². The van der Waals surface area contributed by atoms with Gasteiger partial charge in [-0.25, -0.2) is 0 Å². The molecular formula is C28H34N4O5. The van der Waals surface area contributed by atoms with Gasteiger partial charge in [-0.05, 0) is 28.5 Å². The summed E-state index contributed by atoms with van der Waals surface area (Å²) in [4.78, 5) is 52.2. The van der Waals surface area contributed by atoms with Crippen LogP contribution in [0.25, 0.3) is 11.1 Å². The first-order chi connectivity index (χ1) is 17.4. The number of benzene rings is 2. The van der Waals surface area contributed by atoms with E-state index in [0.717, 1.165) is 16.7 Å². The lowest BCUT2D eigenvalue weighted by molar-refractivity contribution is -0.143. The maximum absolute atomic E-state index is 13.5. The van der Waals surface area contributed by atoms with Crippen LogP contribution in [-0.4, -0.2) is 63.9 Å². The first-order valence-electron chi connectivity index (χ1n) is 12.5. The number of hydrogen-bond acceptors (Lipinski definition) is 5. The van der Waals surface area contributed by atoms with Gasteiger partial charge in [-0.1, -0.05) is 68.4 Å². The molecule has 4 amide bonds. The molecule has 0 unspecified atom stereocenters. The van der Waals surface area contributed by atoms with E-state index in [1.54, 1.807) is 0 Å². The zero-order valence-corrected chi connectivity index (χ0v) is 21.4. The summed E-state index contributed by atoms with van der Waals surface area (Å²) in [5.74, 6) is -2.01. The monoisotopic (exact) mass is 506 g/mol. The van der Waals surface area contributed by atoms with E-state index in [0.29, 0.717) is 6.42 Å². The van der Waals surface area contributed by atoms with Crippen LogP contribution in [0.4, 0.5) is 0 Å². The number of primary amides is 1. The van der Waals surface area contributed by atoms with E-state index in [9.17, 15) is 24.3 Å². The van der Waals surface area contributed by atoms with Crippen molar-refractivity contribution in [3.8, 4) is 11.1 Å². The summed E-state index contributed by atoms with van der Waals surface area (Å²) in [5, 5.41) is 15.8. The van der Waals surface area contributed by atoms with Crippen molar-refractivity contribution < 1.29 is 24.3 Å². The number of carbonyl (C=O) groups is 4. The van der Waals surface area contributed by atoms with Crippen LogP contribution in [0.15, 0.2) is 54.6 Å². The number of nitrogens with zero attached hydrogens (tertiary/aromatic N) is 1. The van der Waals surface area contributed by atoms with E-state index in [4.69, 9.17) is 5.73 Å². The molecule has 196 valence electrons. The highest BCUT2D eigenvalue weighted by atomic mass is 16.3. The zero-order valence-electron chi connectivity index (χ0n) is 21.4. The molecule has 0 bridgehead atoms. The highest BCUT2D eigenvalue weighted by Crippen LogP contribution is 2.57. The number of amides is 4. The Morgan fingerprint density at radius 1 is 1.05 bits per heavy atom. The number of nitrogens with one attached hydrogen (secondary N) is 2. The average molecular weight is 507 g/mol. The predicted molar refractivity (Wildman–Crippen MR) is 138 cm³/mol. The van der Waals surface area contributed by atoms with E-state index in [1.165, 1.54) is 11.8 Å². The largest absolute Gasteiger partial charge is 0.391 e. The fraction of sp³-hybridized carbons (Fsp3) is 0.429. The van der Waals surface area contributed by atoms with Gasteiger partial charge < -0.3 is 26.4 Å². The van der Waals surface area contributed by atoms with Crippen LogP contribution in [0.1, 0.15) is 39.2 Å². The fourth-order valence-corrected chi connectivity index (χ4v) is 5.27. The number of likely N-dealkylation sites (tertiary alicyclic amines) is 1. The lowest BCUT2D eigenvalue weighted by Crippen LogP contribution is -2.58. The van der Waals surface area contributed by atoms with Crippen LogP contribution < -0.4 is 16.4 Å². The zero-order chi connectivity index (χ0) is 27.0. The summed E-state index contributed by atoms with van der Waals surface area (Å²) in [5.41, 5.74) is 6.91. The van der Waals surface area contributed by atoms with Gasteiger partial charge in [-0.15, -0.1) is 0 Å². The lowest BCUT2D eigenvalue weighted by Gasteiger charge is -2.31. The highest BCUT2D eigenvalue weighted by Gasteiger charge is 2.69. The van der Waals surface area contributed by atoms with Gasteiger partial charge >= 0.3 is 0 Å². The molecule has 9 nitrogen and oxygen atoms in total. The Balaban J connectivity index is 1.47. The Hall–Kier alpha value is -3.72. The van der Waals surface area contributed by atoms with Gasteiger partial charge in [0.05, 0.1) is 6.10 Å². The molecule has 4 rings (SSSR count). The summed E-state index contributed by atoms with van der Waals surface area (Å²) in [6.45, 7) is 5.05. The number of aliphatic hydroxyl groups excluding tert-OH is 1. The number of nitrogens with two attached hydrogens (primary N) is 1. The summed E-state index contributed by atoms with van der Waals surface area (Å²) in [6.07, 6.45) is -0.246. The molecule has 9 heteroatoms. The summed E-state index contributed by atoms with van der Waals surface area (Å²) in [7, 11) is 0. The molecule has 1 aliphatic carbocycles. The van der Waals surface area contributed by atoms with Crippen molar-refractivity contribution in [2.75, 3.05) is 6.54 Å². The smallest absolute Gasteiger partial charge is 0.249 e. The molecule has 0 radical (unpaired) electrons. The number of β-amino-alcohol motifs (C(OH)–C–C–N with tert-alkyl or cyclic N) is 1. The van der Waals surface area contributed by atoms with E-state index >= 15 is 0 Å². The third kappa shape index (κ3) is 5.36. The molecule has 4 atom stereocenters. The molecule has 0 aromatic heterocycles. The molecular weight excluding hydrogens is 472 g/mol. The van der Waals surface area contributed by atoms with Gasteiger partial charge in [-0.3, -0.25) is 19.2 Å². The van der Waals surface area contributed by atoms with Gasteiger partial charge in [0.2, 0.25) is 23.6 Å². The summed E-state index contributed by atoms with van der Waals surface area (Å²) in [6, 6.07) is 15.5. The molecule has 2 aromatic rings. The molecule has 0 spiro atoms. The van der Waals surface area contributed by atoms with Gasteiger partial charge in [0.15, 0.2) is 0 Å². The van der Waals surface area contributed by atoms with Crippen LogP contribution >= 0.6 is 0 Å². The van der Waals surface area contributed by atoms with Crippen molar-refractivity contribution in [2.24, 2.45) is 11.1 Å². The summed E-state index contributed by atoms with van der Waals surface area (Å²) < 4.78 is 0. The fourth-order valence-electron chi connectivity index (χ4n) is 5.27. The van der Waals surface area contributed by atoms with Crippen LogP contribution in [0.5, 0.6) is 0 Å². The van der Waals surface area contributed by atoms with Crippen molar-refractivity contribution in [3.05, 3.63) is 60.2 Å². The standard InChI is InChI=1S/C28H34N4O5/c1-17(33)31-28(16-27(28,2)3)26(37)32-15-21(34)14-23(32)25(36)30-22(24(29)35)13-18-9-11-20(12-10-18)19-7-5-4-6-8-19/h4-12,21-23,34H,13-16H2,1-3H3,(H2,29,35)(H,30,36)(H,31,33)/t21-,22-,23+,28+/m1/s1. The van der Waals surface area contributed by atoms with Gasteiger partial charge in [0.25, 0.3) is 0 Å². The number of hydrogen-bond donors (Lipinski definition) is 4. The molecule has 1 aliphatic heterocycles. The molecule has 5 N–H and O–H groups in total. The maximum Gasteiger partial charge on any atom is 0.249 e. The Bertz CT molecular complexity index is 1200. The number of carbonyl (C=O) groups excluding carboxylic acids is 4. The Morgan fingerprint density at radius 2 is 1.65 bits per heavy atom. The summed E-state index contributed by atoms with van der Waals surface area (Å²) >= 11 is 0. The van der Waals surface area contributed by atoms with E-state index in [2.05, 4.69) is 10.6 Å². The van der Waals surface area contributed by atoms with E-state index in [1.807, 2.05) is 68.4 Å². The van der Waals surface area contributed by atoms with Crippen LogP contribution in [0.3, 0.4) is 0 Å². The second kappa shape index (κ2) is 9.97. The molecule has 2 fully saturated rings. The van der Waals surface area contributed by atoms with Crippen LogP contribution in [0, 0.1) is 5.41 Å². The predicted octanol–water partition coefficient (Wildman–Crippen LogP) is 1.13. The topological polar surface area (TPSA) is 142 Å². The third-order valence-electron chi connectivity index (χ3n) is 7.50. The number of aliphatic hydroxyl groups is 1. The minimum Gasteiger partial charge on any atom is -0.391 e. The molecule has 37 heavy (non-hydrogen) atoms. The lowest BCUT2D eigenvalue weighted by atomic mass is 10.00. The first kappa shape index (κ1) is 26.3. The third-order valence-corrected chi connectivity index (χ3v) is 7.50. The molecule has 1 heterocycles. The first-order valence-corrected chi connectivity index (χ1v) is 12.5. The molecule has 1 saturated carbocycles. The number of rotatable bonds is 8. The van der Waals surface area contributed by atoms with E-state index in [-0.39, 0.29) is 25.3 Å².